The maximum Gasteiger partial charge on any atom is 0.338 e. The summed E-state index contributed by atoms with van der Waals surface area (Å²) in [5.41, 5.74) is 0.384. The monoisotopic (exact) mass is 628 g/mol. The standard InChI is InChI=1S/C30H37FN6O6S/c1-4-43-26(38)22-21(33-24(25-32-8-11-44-25)34-23(22)19-6-5-7-20(31)18(19)2)12-35-9-10-37-28(41)36(14-29(37,3)13-35)15-30(27(39)40)16-42-17-30/h5-8,11,23,28,41H,4,9-10,12-17H2,1-3H3,(H,33,34)(H,39,40). The summed E-state index contributed by atoms with van der Waals surface area (Å²) < 4.78 is 25.5. The number of esters is 1. The SMILES string of the molecule is CCOC(=O)C1=C(CN2CCN3C(O)N(CC4(C(=O)O)COC4)CC3(C)C2)NC(c2nccs2)=NC1c1cccc(F)c1C. The molecule has 6 rings (SSSR count). The minimum absolute atomic E-state index is 0.125. The third kappa shape index (κ3) is 5.43. The summed E-state index contributed by atoms with van der Waals surface area (Å²) in [7, 11) is 0. The maximum atomic E-state index is 14.8. The van der Waals surface area contributed by atoms with Crippen molar-refractivity contribution < 1.29 is 33.7 Å². The van der Waals surface area contributed by atoms with Crippen molar-refractivity contribution >= 4 is 29.1 Å². The molecule has 0 spiro atoms. The predicted octanol–water partition coefficient (Wildman–Crippen LogP) is 1.57. The van der Waals surface area contributed by atoms with Crippen LogP contribution in [0.4, 0.5) is 4.39 Å². The van der Waals surface area contributed by atoms with Crippen molar-refractivity contribution in [2.24, 2.45) is 10.4 Å². The van der Waals surface area contributed by atoms with Crippen LogP contribution in [0.15, 0.2) is 46.0 Å². The van der Waals surface area contributed by atoms with E-state index in [-0.39, 0.29) is 32.2 Å². The number of nitrogens with one attached hydrogen (secondary N) is 1. The van der Waals surface area contributed by atoms with Crippen molar-refractivity contribution in [1.29, 1.82) is 0 Å². The van der Waals surface area contributed by atoms with Crippen molar-refractivity contribution in [2.45, 2.75) is 38.7 Å². The lowest BCUT2D eigenvalue weighted by Crippen LogP contribution is -2.61. The number of aliphatic hydroxyl groups is 1. The summed E-state index contributed by atoms with van der Waals surface area (Å²) in [6.45, 7) is 8.56. The van der Waals surface area contributed by atoms with Crippen LogP contribution in [0.3, 0.4) is 0 Å². The Bertz CT molecular complexity index is 1500. The van der Waals surface area contributed by atoms with E-state index in [0.29, 0.717) is 66.0 Å². The smallest absolute Gasteiger partial charge is 0.338 e. The highest BCUT2D eigenvalue weighted by Gasteiger charge is 2.55. The van der Waals surface area contributed by atoms with Gasteiger partial charge < -0.3 is 25.0 Å². The quantitative estimate of drug-likeness (QED) is 0.349. The van der Waals surface area contributed by atoms with Crippen LogP contribution in [0.1, 0.15) is 36.0 Å². The topological polar surface area (TPSA) is 140 Å². The molecule has 4 aliphatic heterocycles. The molecule has 3 saturated heterocycles. The van der Waals surface area contributed by atoms with Gasteiger partial charge in [0.1, 0.15) is 17.3 Å². The number of halogens is 1. The first kappa shape index (κ1) is 30.7. The maximum absolute atomic E-state index is 14.8. The number of piperazine rings is 1. The molecule has 236 valence electrons. The molecule has 5 heterocycles. The predicted molar refractivity (Wildman–Crippen MR) is 159 cm³/mol. The van der Waals surface area contributed by atoms with Gasteiger partial charge in [-0.25, -0.2) is 14.2 Å². The van der Waals surface area contributed by atoms with Gasteiger partial charge in [-0.2, -0.15) is 0 Å². The van der Waals surface area contributed by atoms with E-state index < -0.39 is 35.3 Å². The van der Waals surface area contributed by atoms with Gasteiger partial charge >= 0.3 is 11.9 Å². The van der Waals surface area contributed by atoms with E-state index >= 15 is 0 Å². The molecular weight excluding hydrogens is 591 g/mol. The molecule has 2 aromatic rings. The second kappa shape index (κ2) is 11.9. The van der Waals surface area contributed by atoms with E-state index in [1.54, 1.807) is 32.2 Å². The molecule has 0 amide bonds. The van der Waals surface area contributed by atoms with Gasteiger partial charge in [0.15, 0.2) is 17.2 Å². The van der Waals surface area contributed by atoms with E-state index in [9.17, 15) is 24.2 Å². The number of ether oxygens (including phenoxy) is 2. The first-order chi connectivity index (χ1) is 21.0. The molecule has 4 aliphatic rings. The lowest BCUT2D eigenvalue weighted by atomic mass is 9.85. The highest BCUT2D eigenvalue weighted by molar-refractivity contribution is 7.11. The van der Waals surface area contributed by atoms with Crippen LogP contribution >= 0.6 is 11.3 Å². The Kier molecular flexibility index (Phi) is 8.32. The molecule has 3 fully saturated rings. The lowest BCUT2D eigenvalue weighted by Gasteiger charge is -2.45. The summed E-state index contributed by atoms with van der Waals surface area (Å²) in [6.07, 6.45) is 0.767. The molecule has 3 N–H and O–H groups in total. The van der Waals surface area contributed by atoms with Gasteiger partial charge in [-0.15, -0.1) is 11.3 Å². The largest absolute Gasteiger partial charge is 0.481 e. The zero-order chi connectivity index (χ0) is 31.2. The molecule has 1 aromatic carbocycles. The van der Waals surface area contributed by atoms with Gasteiger partial charge in [0.05, 0.1) is 25.4 Å². The molecule has 14 heteroatoms. The van der Waals surface area contributed by atoms with Gasteiger partial charge in [0, 0.05) is 62.1 Å². The van der Waals surface area contributed by atoms with Gasteiger partial charge in [0.25, 0.3) is 0 Å². The van der Waals surface area contributed by atoms with Crippen LogP contribution in [-0.2, 0) is 19.1 Å². The number of carboxylic acid groups (broad SMARTS) is 1. The number of amidine groups is 1. The third-order valence-electron chi connectivity index (χ3n) is 9.02. The fraction of sp³-hybridized carbons (Fsp3) is 0.533. The van der Waals surface area contributed by atoms with Crippen molar-refractivity contribution in [2.75, 3.05) is 59.1 Å². The number of hydrogen-bond donors (Lipinski definition) is 3. The number of thiazole rings is 1. The van der Waals surface area contributed by atoms with Crippen LogP contribution < -0.4 is 5.32 Å². The number of hydrogen-bond acceptors (Lipinski definition) is 12. The first-order valence-corrected chi connectivity index (χ1v) is 15.6. The van der Waals surface area contributed by atoms with E-state index in [1.807, 2.05) is 15.2 Å². The molecule has 1 aromatic heterocycles. The average molecular weight is 629 g/mol. The summed E-state index contributed by atoms with van der Waals surface area (Å²) in [5.74, 6) is -1.34. The summed E-state index contributed by atoms with van der Waals surface area (Å²) in [4.78, 5) is 40.9. The van der Waals surface area contributed by atoms with Crippen LogP contribution in [-0.4, -0.2) is 119 Å². The van der Waals surface area contributed by atoms with Gasteiger partial charge in [0.2, 0.25) is 0 Å². The second-order valence-corrected chi connectivity index (χ2v) is 13.0. The van der Waals surface area contributed by atoms with Crippen molar-refractivity contribution in [3.05, 3.63) is 63.0 Å². The van der Waals surface area contributed by atoms with E-state index in [4.69, 9.17) is 14.5 Å². The van der Waals surface area contributed by atoms with E-state index in [2.05, 4.69) is 22.1 Å². The van der Waals surface area contributed by atoms with Gasteiger partial charge in [-0.05, 0) is 38.0 Å². The third-order valence-corrected chi connectivity index (χ3v) is 9.80. The Hall–Kier alpha value is -3.27. The highest BCUT2D eigenvalue weighted by Crippen LogP contribution is 2.39. The highest BCUT2D eigenvalue weighted by atomic mass is 32.1. The zero-order valence-corrected chi connectivity index (χ0v) is 25.8. The van der Waals surface area contributed by atoms with E-state index in [1.165, 1.54) is 17.4 Å². The number of aromatic nitrogens is 1. The molecule has 0 radical (unpaired) electrons. The molecule has 0 saturated carbocycles. The van der Waals surface area contributed by atoms with E-state index in [0.717, 1.165) is 0 Å². The number of fused-ring (bicyclic) bond motifs is 1. The molecule has 12 nitrogen and oxygen atoms in total. The number of carboxylic acids is 1. The second-order valence-electron chi connectivity index (χ2n) is 12.1. The molecule has 44 heavy (non-hydrogen) atoms. The Balaban J connectivity index is 1.31. The van der Waals surface area contributed by atoms with Crippen LogP contribution in [0.2, 0.25) is 0 Å². The van der Waals surface area contributed by atoms with Crippen LogP contribution in [0, 0.1) is 18.2 Å². The molecule has 0 aliphatic carbocycles. The van der Waals surface area contributed by atoms with Crippen molar-refractivity contribution in [1.82, 2.24) is 25.0 Å². The number of benzene rings is 1. The van der Waals surface area contributed by atoms with Gasteiger partial charge in [-0.3, -0.25) is 24.5 Å². The number of aliphatic carboxylic acids is 1. The van der Waals surface area contributed by atoms with Crippen LogP contribution in [0.5, 0.6) is 0 Å². The molecule has 0 bridgehead atoms. The van der Waals surface area contributed by atoms with Crippen molar-refractivity contribution in [3.63, 3.8) is 0 Å². The van der Waals surface area contributed by atoms with Crippen LogP contribution in [0.25, 0.3) is 0 Å². The fourth-order valence-corrected chi connectivity index (χ4v) is 7.29. The summed E-state index contributed by atoms with van der Waals surface area (Å²) in [6, 6.07) is 3.97. The summed E-state index contributed by atoms with van der Waals surface area (Å²) in [5, 5.41) is 26.9. The normalized spacial score (nSPS) is 27.3. The number of aliphatic imine (C=N–C) groups is 1. The molecular formula is C30H37FN6O6S. The Morgan fingerprint density at radius 1 is 1.27 bits per heavy atom. The molecule has 3 atom stereocenters. The van der Waals surface area contributed by atoms with Crippen molar-refractivity contribution in [3.8, 4) is 0 Å². The number of carbonyl (C=O) groups is 2. The minimum atomic E-state index is -1.02. The van der Waals surface area contributed by atoms with Gasteiger partial charge in [-0.1, -0.05) is 12.1 Å². The Morgan fingerprint density at radius 3 is 2.73 bits per heavy atom. The number of carbonyl (C=O) groups excluding carboxylic acids is 1. The average Bonchev–Trinajstić information content (AvgIpc) is 3.58. The fourth-order valence-electron chi connectivity index (χ4n) is 6.70. The minimum Gasteiger partial charge on any atom is -0.481 e. The summed E-state index contributed by atoms with van der Waals surface area (Å²) >= 11 is 1.41. The number of nitrogens with zero attached hydrogens (tertiary/aromatic N) is 5. The number of aliphatic hydroxyl groups excluding tert-OH is 1. The Morgan fingerprint density at radius 2 is 2.07 bits per heavy atom. The molecule has 3 unspecified atom stereocenters. The number of rotatable bonds is 9. The Labute approximate surface area is 258 Å². The first-order valence-electron chi connectivity index (χ1n) is 14.7. The zero-order valence-electron chi connectivity index (χ0n) is 25.0. The lowest BCUT2D eigenvalue weighted by molar-refractivity contribution is -0.190.